The van der Waals surface area contributed by atoms with Gasteiger partial charge in [0.15, 0.2) is 5.82 Å². The van der Waals surface area contributed by atoms with Crippen LogP contribution in [-0.2, 0) is 6.42 Å². The Morgan fingerprint density at radius 2 is 2.05 bits per heavy atom. The first-order valence-electron chi connectivity index (χ1n) is 6.46. The second-order valence-corrected chi connectivity index (χ2v) is 5.32. The van der Waals surface area contributed by atoms with Crippen LogP contribution in [0, 0.1) is 0 Å². The quantitative estimate of drug-likeness (QED) is 0.804. The van der Waals surface area contributed by atoms with Crippen molar-refractivity contribution >= 4 is 28.8 Å². The second kappa shape index (κ2) is 4.74. The predicted molar refractivity (Wildman–Crippen MR) is 80.0 cm³/mol. The number of fused-ring (bicyclic) bond motifs is 1. The van der Waals surface area contributed by atoms with Crippen molar-refractivity contribution in [3.8, 4) is 0 Å². The molecule has 2 aromatic rings. The fourth-order valence-corrected chi connectivity index (χ4v) is 2.78. The Bertz CT molecular complexity index is 612. The van der Waals surface area contributed by atoms with E-state index in [1.54, 1.807) is 6.07 Å². The Kier molecular flexibility index (Phi) is 3.07. The minimum Gasteiger partial charge on any atom is -0.396 e. The molecule has 1 aliphatic heterocycles. The molecule has 0 fully saturated rings. The normalized spacial score (nSPS) is 18.2. The van der Waals surface area contributed by atoms with Crippen LogP contribution in [-0.4, -0.2) is 11.0 Å². The number of rotatable bonds is 1. The number of nitrogens with zero attached hydrogens (tertiary/aromatic N) is 2. The van der Waals surface area contributed by atoms with E-state index in [1.165, 1.54) is 11.3 Å². The van der Waals surface area contributed by atoms with Crippen molar-refractivity contribution in [2.45, 2.75) is 25.8 Å². The Hall–Kier alpha value is -1.74. The summed E-state index contributed by atoms with van der Waals surface area (Å²) in [5.41, 5.74) is 9.26. The molecule has 1 aromatic carbocycles. The van der Waals surface area contributed by atoms with Crippen LogP contribution in [0.5, 0.6) is 0 Å². The summed E-state index contributed by atoms with van der Waals surface area (Å²) < 4.78 is 0. The van der Waals surface area contributed by atoms with Gasteiger partial charge in [-0.1, -0.05) is 29.8 Å². The van der Waals surface area contributed by atoms with Crippen LogP contribution in [0.25, 0.3) is 0 Å². The number of hydrogen-bond acceptors (Lipinski definition) is 3. The number of hydrogen-bond donors (Lipinski definition) is 1. The molecule has 19 heavy (non-hydrogen) atoms. The Morgan fingerprint density at radius 3 is 2.89 bits per heavy atom. The Morgan fingerprint density at radius 1 is 1.26 bits per heavy atom. The number of nitrogens with two attached hydrogens (primary N) is 1. The van der Waals surface area contributed by atoms with Gasteiger partial charge in [-0.15, -0.1) is 0 Å². The number of nitrogen functional groups attached to an aromatic ring is 1. The van der Waals surface area contributed by atoms with Gasteiger partial charge in [0, 0.05) is 11.7 Å². The van der Waals surface area contributed by atoms with Crippen molar-refractivity contribution in [1.82, 2.24) is 4.98 Å². The number of aromatic nitrogens is 1. The first kappa shape index (κ1) is 12.3. The monoisotopic (exact) mass is 273 g/mol. The number of anilines is 3. The van der Waals surface area contributed by atoms with Gasteiger partial charge in [-0.05, 0) is 43.5 Å². The maximum atomic E-state index is 6.08. The molecule has 0 radical (unpaired) electrons. The fourth-order valence-electron chi connectivity index (χ4n) is 2.64. The van der Waals surface area contributed by atoms with E-state index >= 15 is 0 Å². The molecule has 0 spiro atoms. The topological polar surface area (TPSA) is 42.2 Å². The lowest BCUT2D eigenvalue weighted by Gasteiger charge is -2.36. The smallest absolute Gasteiger partial charge is 0.158 e. The number of benzene rings is 1. The summed E-state index contributed by atoms with van der Waals surface area (Å²) in [6.45, 7) is 2.19. The third-order valence-electron chi connectivity index (χ3n) is 3.62. The Labute approximate surface area is 118 Å². The predicted octanol–water partition coefficient (Wildman–Crippen LogP) is 3.79. The van der Waals surface area contributed by atoms with Crippen molar-refractivity contribution < 1.29 is 0 Å². The maximum Gasteiger partial charge on any atom is 0.158 e. The molecule has 1 atom stereocenters. The fraction of sp³-hybridized carbons (Fsp3) is 0.267. The van der Waals surface area contributed by atoms with Crippen molar-refractivity contribution in [2.24, 2.45) is 0 Å². The number of para-hydroxylation sites is 1. The zero-order valence-electron chi connectivity index (χ0n) is 10.8. The Balaban J connectivity index is 2.16. The summed E-state index contributed by atoms with van der Waals surface area (Å²) in [7, 11) is 0. The molecule has 0 saturated heterocycles. The highest BCUT2D eigenvalue weighted by molar-refractivity contribution is 6.29. The van der Waals surface area contributed by atoms with Gasteiger partial charge in [-0.2, -0.15) is 0 Å². The first-order chi connectivity index (χ1) is 9.16. The van der Waals surface area contributed by atoms with Gasteiger partial charge in [-0.3, -0.25) is 0 Å². The van der Waals surface area contributed by atoms with Crippen molar-refractivity contribution in [2.75, 3.05) is 10.6 Å². The molecule has 0 saturated carbocycles. The molecule has 0 amide bonds. The first-order valence-corrected chi connectivity index (χ1v) is 6.84. The molecule has 2 N–H and O–H groups in total. The minimum atomic E-state index is 0.364. The molecule has 0 aliphatic carbocycles. The summed E-state index contributed by atoms with van der Waals surface area (Å²) >= 11 is 6.02. The molecule has 1 aliphatic rings. The molecule has 98 valence electrons. The third-order valence-corrected chi connectivity index (χ3v) is 3.83. The van der Waals surface area contributed by atoms with E-state index < -0.39 is 0 Å². The zero-order chi connectivity index (χ0) is 13.4. The van der Waals surface area contributed by atoms with E-state index in [-0.39, 0.29) is 0 Å². The van der Waals surface area contributed by atoms with E-state index in [9.17, 15) is 0 Å². The van der Waals surface area contributed by atoms with Gasteiger partial charge >= 0.3 is 0 Å². The van der Waals surface area contributed by atoms with Crippen LogP contribution in [0.1, 0.15) is 18.9 Å². The second-order valence-electron chi connectivity index (χ2n) is 4.93. The molecule has 3 nitrogen and oxygen atoms in total. The van der Waals surface area contributed by atoms with Gasteiger partial charge in [-0.25, -0.2) is 4.98 Å². The summed E-state index contributed by atoms with van der Waals surface area (Å²) in [4.78, 5) is 6.61. The molecule has 4 heteroatoms. The zero-order valence-corrected chi connectivity index (χ0v) is 11.6. The highest BCUT2D eigenvalue weighted by Crippen LogP contribution is 2.38. The van der Waals surface area contributed by atoms with E-state index in [0.29, 0.717) is 16.9 Å². The molecule has 1 aromatic heterocycles. The van der Waals surface area contributed by atoms with Crippen molar-refractivity contribution in [1.29, 1.82) is 0 Å². The maximum absolute atomic E-state index is 6.08. The van der Waals surface area contributed by atoms with E-state index in [1.807, 2.05) is 12.1 Å². The van der Waals surface area contributed by atoms with Gasteiger partial charge in [0.2, 0.25) is 0 Å². The number of aryl methyl sites for hydroxylation is 1. The van der Waals surface area contributed by atoms with Crippen LogP contribution >= 0.6 is 11.6 Å². The average Bonchev–Trinajstić information content (AvgIpc) is 2.42. The molecule has 1 unspecified atom stereocenters. The standard InChI is InChI=1S/C15H16ClN3/c1-10-6-7-11-4-2-3-5-13(11)19(10)15-12(17)8-9-14(16)18-15/h2-5,8-10H,6-7,17H2,1H3. The minimum absolute atomic E-state index is 0.364. The summed E-state index contributed by atoms with van der Waals surface area (Å²) in [5.74, 6) is 0.757. The number of pyridine rings is 1. The lowest BCUT2D eigenvalue weighted by Crippen LogP contribution is -2.34. The van der Waals surface area contributed by atoms with Gasteiger partial charge in [0.05, 0.1) is 5.69 Å². The van der Waals surface area contributed by atoms with Crippen LogP contribution in [0.3, 0.4) is 0 Å². The van der Waals surface area contributed by atoms with Crippen LogP contribution < -0.4 is 10.6 Å². The summed E-state index contributed by atoms with van der Waals surface area (Å²) in [5, 5.41) is 0.472. The third kappa shape index (κ3) is 2.15. The molecule has 0 bridgehead atoms. The molecular weight excluding hydrogens is 258 g/mol. The molecular formula is C15H16ClN3. The number of halogens is 1. The highest BCUT2D eigenvalue weighted by Gasteiger charge is 2.26. The largest absolute Gasteiger partial charge is 0.396 e. The lowest BCUT2D eigenvalue weighted by atomic mass is 9.96. The van der Waals surface area contributed by atoms with E-state index in [4.69, 9.17) is 17.3 Å². The average molecular weight is 274 g/mol. The van der Waals surface area contributed by atoms with Gasteiger partial charge < -0.3 is 10.6 Å². The highest BCUT2D eigenvalue weighted by atomic mass is 35.5. The van der Waals surface area contributed by atoms with Gasteiger partial charge in [0.25, 0.3) is 0 Å². The lowest BCUT2D eigenvalue weighted by molar-refractivity contribution is 0.614. The molecule has 3 rings (SSSR count). The van der Waals surface area contributed by atoms with Gasteiger partial charge in [0.1, 0.15) is 5.15 Å². The van der Waals surface area contributed by atoms with Crippen molar-refractivity contribution in [3.63, 3.8) is 0 Å². The molecule has 2 heterocycles. The van der Waals surface area contributed by atoms with Crippen molar-refractivity contribution in [3.05, 3.63) is 47.1 Å². The summed E-state index contributed by atoms with van der Waals surface area (Å²) in [6, 6.07) is 12.3. The SMILES string of the molecule is CC1CCc2ccccc2N1c1nc(Cl)ccc1N. The summed E-state index contributed by atoms with van der Waals surface area (Å²) in [6.07, 6.45) is 2.18. The van der Waals surface area contributed by atoms with Crippen LogP contribution in [0.2, 0.25) is 5.15 Å². The van der Waals surface area contributed by atoms with Crippen LogP contribution in [0.4, 0.5) is 17.2 Å². The van der Waals surface area contributed by atoms with E-state index in [0.717, 1.165) is 18.7 Å². The van der Waals surface area contributed by atoms with Crippen LogP contribution in [0.15, 0.2) is 36.4 Å². The van der Waals surface area contributed by atoms with E-state index in [2.05, 4.69) is 35.0 Å².